The number of carbonyl (C=O) groups excluding carboxylic acids is 1. The van der Waals surface area contributed by atoms with Crippen LogP contribution in [0.4, 0.5) is 4.79 Å². The largest absolute Gasteiger partial charge is 0.414 e. The lowest BCUT2D eigenvalue weighted by Crippen LogP contribution is -2.25. The fraction of sp³-hybridized carbons (Fsp3) is 0.462. The molecular weight excluding hydrogens is 202 g/mol. The van der Waals surface area contributed by atoms with E-state index in [0.717, 1.165) is 6.42 Å². The fourth-order valence-corrected chi connectivity index (χ4v) is 1.29. The van der Waals surface area contributed by atoms with Gasteiger partial charge in [0.25, 0.3) is 0 Å². The van der Waals surface area contributed by atoms with Crippen molar-refractivity contribution in [1.82, 2.24) is 4.90 Å². The Morgan fingerprint density at radius 1 is 1.31 bits per heavy atom. The SMILES string of the molecule is CCC(C)c1ccc(OC(=O)N(C)C)cc1. The van der Waals surface area contributed by atoms with E-state index in [1.807, 2.05) is 24.3 Å². The Balaban J connectivity index is 2.68. The van der Waals surface area contributed by atoms with Crippen molar-refractivity contribution in [3.05, 3.63) is 29.8 Å². The van der Waals surface area contributed by atoms with Crippen LogP contribution in [0, 0.1) is 0 Å². The van der Waals surface area contributed by atoms with Gasteiger partial charge in [0, 0.05) is 14.1 Å². The second-order valence-electron chi connectivity index (χ2n) is 4.14. The van der Waals surface area contributed by atoms with E-state index in [9.17, 15) is 4.79 Å². The van der Waals surface area contributed by atoms with Crippen molar-refractivity contribution in [1.29, 1.82) is 0 Å². The quantitative estimate of drug-likeness (QED) is 0.784. The first-order valence-corrected chi connectivity index (χ1v) is 5.53. The molecule has 0 aliphatic heterocycles. The maximum Gasteiger partial charge on any atom is 0.414 e. The summed E-state index contributed by atoms with van der Waals surface area (Å²) in [5, 5.41) is 0. The lowest BCUT2D eigenvalue weighted by atomic mass is 9.99. The van der Waals surface area contributed by atoms with Crippen LogP contribution in [0.15, 0.2) is 24.3 Å². The van der Waals surface area contributed by atoms with Gasteiger partial charge in [-0.05, 0) is 30.0 Å². The number of ether oxygens (including phenoxy) is 1. The van der Waals surface area contributed by atoms with E-state index < -0.39 is 0 Å². The van der Waals surface area contributed by atoms with Crippen LogP contribution >= 0.6 is 0 Å². The third-order valence-corrected chi connectivity index (χ3v) is 2.63. The summed E-state index contributed by atoms with van der Waals surface area (Å²) >= 11 is 0. The molecule has 1 aromatic rings. The van der Waals surface area contributed by atoms with Gasteiger partial charge >= 0.3 is 6.09 Å². The minimum absolute atomic E-state index is 0.351. The molecule has 0 spiro atoms. The molecule has 0 heterocycles. The summed E-state index contributed by atoms with van der Waals surface area (Å²) in [6.45, 7) is 4.34. The van der Waals surface area contributed by atoms with E-state index in [1.165, 1.54) is 10.5 Å². The summed E-state index contributed by atoms with van der Waals surface area (Å²) in [6, 6.07) is 7.69. The van der Waals surface area contributed by atoms with Gasteiger partial charge in [0.15, 0.2) is 0 Å². The number of nitrogens with zero attached hydrogens (tertiary/aromatic N) is 1. The van der Waals surface area contributed by atoms with Crippen molar-refractivity contribution >= 4 is 6.09 Å². The Labute approximate surface area is 97.0 Å². The number of hydrogen-bond donors (Lipinski definition) is 0. The van der Waals surface area contributed by atoms with Crippen molar-refractivity contribution in [3.8, 4) is 5.75 Å². The van der Waals surface area contributed by atoms with Gasteiger partial charge in [-0.1, -0.05) is 26.0 Å². The Bertz CT molecular complexity index is 343. The molecule has 1 aromatic carbocycles. The number of hydrogen-bond acceptors (Lipinski definition) is 2. The molecular formula is C13H19NO2. The van der Waals surface area contributed by atoms with Crippen LogP contribution in [0.5, 0.6) is 5.75 Å². The minimum atomic E-state index is -0.351. The molecule has 3 heteroatoms. The van der Waals surface area contributed by atoms with Crippen molar-refractivity contribution in [2.75, 3.05) is 14.1 Å². The standard InChI is InChI=1S/C13H19NO2/c1-5-10(2)11-6-8-12(9-7-11)16-13(15)14(3)4/h6-10H,5H2,1-4H3. The van der Waals surface area contributed by atoms with Crippen LogP contribution < -0.4 is 4.74 Å². The van der Waals surface area contributed by atoms with E-state index >= 15 is 0 Å². The van der Waals surface area contributed by atoms with E-state index in [1.54, 1.807) is 14.1 Å². The van der Waals surface area contributed by atoms with Crippen molar-refractivity contribution in [3.63, 3.8) is 0 Å². The van der Waals surface area contributed by atoms with E-state index in [0.29, 0.717) is 11.7 Å². The topological polar surface area (TPSA) is 29.5 Å². The van der Waals surface area contributed by atoms with Gasteiger partial charge in [-0.15, -0.1) is 0 Å². The lowest BCUT2D eigenvalue weighted by Gasteiger charge is -2.12. The summed E-state index contributed by atoms with van der Waals surface area (Å²) in [6.07, 6.45) is 0.757. The Hall–Kier alpha value is -1.51. The summed E-state index contributed by atoms with van der Waals surface area (Å²) in [5.74, 6) is 1.13. The Morgan fingerprint density at radius 2 is 1.88 bits per heavy atom. The first kappa shape index (κ1) is 12.6. The maximum atomic E-state index is 11.3. The molecule has 1 amide bonds. The number of carbonyl (C=O) groups is 1. The van der Waals surface area contributed by atoms with Gasteiger partial charge in [-0.3, -0.25) is 0 Å². The third kappa shape index (κ3) is 3.26. The zero-order valence-corrected chi connectivity index (χ0v) is 10.4. The fourth-order valence-electron chi connectivity index (χ4n) is 1.29. The van der Waals surface area contributed by atoms with Crippen molar-refractivity contribution in [2.45, 2.75) is 26.2 Å². The molecule has 3 nitrogen and oxygen atoms in total. The molecule has 0 aliphatic rings. The molecule has 0 bridgehead atoms. The van der Waals surface area contributed by atoms with E-state index in [4.69, 9.17) is 4.74 Å². The molecule has 0 radical (unpaired) electrons. The summed E-state index contributed by atoms with van der Waals surface area (Å²) in [7, 11) is 3.33. The predicted molar refractivity (Wildman–Crippen MR) is 64.9 cm³/mol. The van der Waals surface area contributed by atoms with E-state index in [2.05, 4.69) is 13.8 Å². The van der Waals surface area contributed by atoms with Gasteiger partial charge in [0.1, 0.15) is 5.75 Å². The van der Waals surface area contributed by atoms with E-state index in [-0.39, 0.29) is 6.09 Å². The maximum absolute atomic E-state index is 11.3. The normalized spacial score (nSPS) is 12.0. The molecule has 0 saturated carbocycles. The van der Waals surface area contributed by atoms with Crippen LogP contribution in [0.1, 0.15) is 31.7 Å². The average molecular weight is 221 g/mol. The second-order valence-corrected chi connectivity index (χ2v) is 4.14. The zero-order valence-electron chi connectivity index (χ0n) is 10.4. The van der Waals surface area contributed by atoms with Gasteiger partial charge < -0.3 is 9.64 Å². The molecule has 1 atom stereocenters. The third-order valence-electron chi connectivity index (χ3n) is 2.63. The predicted octanol–water partition coefficient (Wildman–Crippen LogP) is 3.26. The van der Waals surface area contributed by atoms with Gasteiger partial charge in [-0.2, -0.15) is 0 Å². The highest BCUT2D eigenvalue weighted by Crippen LogP contribution is 2.21. The summed E-state index contributed by atoms with van der Waals surface area (Å²) < 4.78 is 5.13. The smallest absolute Gasteiger partial charge is 0.410 e. The second kappa shape index (κ2) is 5.54. The van der Waals surface area contributed by atoms with Crippen molar-refractivity contribution in [2.24, 2.45) is 0 Å². The number of rotatable bonds is 3. The highest BCUT2D eigenvalue weighted by Gasteiger charge is 2.07. The molecule has 1 unspecified atom stereocenters. The first-order valence-electron chi connectivity index (χ1n) is 5.53. The minimum Gasteiger partial charge on any atom is -0.410 e. The van der Waals surface area contributed by atoms with Crippen LogP contribution in [0.2, 0.25) is 0 Å². The van der Waals surface area contributed by atoms with Crippen LogP contribution in [0.25, 0.3) is 0 Å². The van der Waals surface area contributed by atoms with Gasteiger partial charge in [0.2, 0.25) is 0 Å². The van der Waals surface area contributed by atoms with Crippen LogP contribution in [0.3, 0.4) is 0 Å². The van der Waals surface area contributed by atoms with Crippen LogP contribution in [-0.2, 0) is 0 Å². The highest BCUT2D eigenvalue weighted by molar-refractivity contribution is 5.69. The Morgan fingerprint density at radius 3 is 2.31 bits per heavy atom. The molecule has 0 aromatic heterocycles. The lowest BCUT2D eigenvalue weighted by molar-refractivity contribution is 0.172. The summed E-state index contributed by atoms with van der Waals surface area (Å²) in [4.78, 5) is 12.7. The molecule has 0 aliphatic carbocycles. The molecule has 0 fully saturated rings. The molecule has 0 N–H and O–H groups in total. The van der Waals surface area contributed by atoms with Crippen molar-refractivity contribution < 1.29 is 9.53 Å². The molecule has 1 rings (SSSR count). The molecule has 16 heavy (non-hydrogen) atoms. The van der Waals surface area contributed by atoms with Gasteiger partial charge in [0.05, 0.1) is 0 Å². The zero-order chi connectivity index (χ0) is 12.1. The first-order chi connectivity index (χ1) is 7.54. The van der Waals surface area contributed by atoms with Crippen LogP contribution in [-0.4, -0.2) is 25.1 Å². The summed E-state index contributed by atoms with van der Waals surface area (Å²) in [5.41, 5.74) is 1.27. The number of amides is 1. The average Bonchev–Trinajstić information content (AvgIpc) is 2.28. The molecule has 0 saturated heterocycles. The Kier molecular flexibility index (Phi) is 4.35. The monoisotopic (exact) mass is 221 g/mol. The number of benzene rings is 1. The van der Waals surface area contributed by atoms with Gasteiger partial charge in [-0.25, -0.2) is 4.79 Å². The highest BCUT2D eigenvalue weighted by atomic mass is 16.6. The molecule has 88 valence electrons.